The van der Waals surface area contributed by atoms with E-state index in [0.717, 1.165) is 0 Å². The van der Waals surface area contributed by atoms with Gasteiger partial charge in [-0.3, -0.25) is 9.59 Å². The zero-order valence-corrected chi connectivity index (χ0v) is 14.5. The van der Waals surface area contributed by atoms with Crippen LogP contribution in [0.4, 0.5) is 0 Å². The lowest BCUT2D eigenvalue weighted by Crippen LogP contribution is -2.14. The van der Waals surface area contributed by atoms with Crippen molar-refractivity contribution in [1.29, 1.82) is 0 Å². The van der Waals surface area contributed by atoms with Gasteiger partial charge in [-0.25, -0.2) is 0 Å². The molecule has 0 heterocycles. The molecule has 0 spiro atoms. The van der Waals surface area contributed by atoms with E-state index in [2.05, 4.69) is 31.9 Å². The molecule has 0 saturated carbocycles. The molecule has 0 amide bonds. The van der Waals surface area contributed by atoms with E-state index >= 15 is 0 Å². The van der Waals surface area contributed by atoms with Gasteiger partial charge in [0.25, 0.3) is 0 Å². The molecule has 0 aromatic heterocycles. The molecule has 0 aliphatic heterocycles. The summed E-state index contributed by atoms with van der Waals surface area (Å²) in [4.78, 5) is 24.4. The highest BCUT2D eigenvalue weighted by Gasteiger charge is 2.20. The second kappa shape index (κ2) is 6.39. The van der Waals surface area contributed by atoms with Gasteiger partial charge in [-0.1, -0.05) is 55.1 Å². The number of rotatable bonds is 3. The molecular weight excluding hydrogens is 431 g/mol. The van der Waals surface area contributed by atoms with Gasteiger partial charge in [0.2, 0.25) is 11.6 Å². The van der Waals surface area contributed by atoms with Crippen LogP contribution in [0.5, 0.6) is 0 Å². The lowest BCUT2D eigenvalue weighted by molar-refractivity contribution is 0.0817. The van der Waals surface area contributed by atoms with Gasteiger partial charge in [0.1, 0.15) is 0 Å². The number of ketones is 2. The number of Topliss-reactive ketones (excluding diaryl/α,β-unsaturated/α-hetero) is 2. The van der Waals surface area contributed by atoms with Crippen LogP contribution in [0.1, 0.15) is 20.7 Å². The molecule has 0 radical (unpaired) electrons. The molecule has 0 unspecified atom stereocenters. The molecule has 0 saturated heterocycles. The smallest absolute Gasteiger partial charge is 0.233 e. The minimum atomic E-state index is -0.637. The number of carbonyl (C=O) groups excluding carboxylic acids is 2. The van der Waals surface area contributed by atoms with E-state index in [0.29, 0.717) is 19.0 Å². The molecule has 2 aromatic carbocycles. The second-order valence-electron chi connectivity index (χ2n) is 3.97. The van der Waals surface area contributed by atoms with E-state index < -0.39 is 11.6 Å². The molecular formula is C14H6Br2Cl2O2. The van der Waals surface area contributed by atoms with Crippen molar-refractivity contribution < 1.29 is 9.59 Å². The van der Waals surface area contributed by atoms with Gasteiger partial charge in [-0.2, -0.15) is 0 Å². The van der Waals surface area contributed by atoms with Crippen molar-refractivity contribution in [3.63, 3.8) is 0 Å². The Morgan fingerprint density at radius 2 is 1.05 bits per heavy atom. The Morgan fingerprint density at radius 1 is 0.700 bits per heavy atom. The molecule has 0 aliphatic rings. The SMILES string of the molecule is O=C(C(=O)c1cc(Cl)cc(Br)c1)c1cc(Cl)cc(Br)c1. The Bertz CT molecular complexity index is 612. The monoisotopic (exact) mass is 434 g/mol. The maximum atomic E-state index is 12.2. The lowest BCUT2D eigenvalue weighted by Gasteiger charge is -2.04. The first-order valence-corrected chi connectivity index (χ1v) is 7.72. The van der Waals surface area contributed by atoms with E-state index in [1.54, 1.807) is 24.3 Å². The fourth-order valence-electron chi connectivity index (χ4n) is 1.63. The van der Waals surface area contributed by atoms with Gasteiger partial charge >= 0.3 is 0 Å². The molecule has 2 rings (SSSR count). The molecule has 2 aromatic rings. The Balaban J connectivity index is 2.39. The van der Waals surface area contributed by atoms with Gasteiger partial charge in [0.05, 0.1) is 0 Å². The summed E-state index contributed by atoms with van der Waals surface area (Å²) >= 11 is 18.2. The standard InChI is InChI=1S/C14H6Br2Cl2O2/c15-9-1-7(3-11(17)5-9)13(19)14(20)8-2-10(16)6-12(18)4-8/h1-6H. The normalized spacial score (nSPS) is 10.4. The Morgan fingerprint density at radius 3 is 1.35 bits per heavy atom. The summed E-state index contributed by atoms with van der Waals surface area (Å²) in [7, 11) is 0. The number of hydrogen-bond acceptors (Lipinski definition) is 2. The highest BCUT2D eigenvalue weighted by molar-refractivity contribution is 9.10. The Kier molecular flexibility index (Phi) is 5.02. The van der Waals surface area contributed by atoms with Crippen molar-refractivity contribution >= 4 is 66.6 Å². The van der Waals surface area contributed by atoms with Crippen LogP contribution in [-0.4, -0.2) is 11.6 Å². The minimum absolute atomic E-state index is 0.227. The Labute approximate surface area is 142 Å². The molecule has 6 heteroatoms. The van der Waals surface area contributed by atoms with Crippen molar-refractivity contribution in [1.82, 2.24) is 0 Å². The molecule has 0 fully saturated rings. The van der Waals surface area contributed by atoms with Crippen LogP contribution in [0, 0.1) is 0 Å². The first-order valence-electron chi connectivity index (χ1n) is 5.38. The minimum Gasteiger partial charge on any atom is -0.285 e. The van der Waals surface area contributed by atoms with Gasteiger partial charge in [-0.15, -0.1) is 0 Å². The molecule has 0 aliphatic carbocycles. The first-order chi connectivity index (χ1) is 9.36. The van der Waals surface area contributed by atoms with Gasteiger partial charge in [0.15, 0.2) is 0 Å². The van der Waals surface area contributed by atoms with Gasteiger partial charge in [0, 0.05) is 30.1 Å². The quantitative estimate of drug-likeness (QED) is 0.464. The van der Waals surface area contributed by atoms with E-state index in [9.17, 15) is 9.59 Å². The van der Waals surface area contributed by atoms with Crippen LogP contribution in [0.3, 0.4) is 0 Å². The van der Waals surface area contributed by atoms with Crippen LogP contribution in [0.2, 0.25) is 10.0 Å². The maximum absolute atomic E-state index is 12.2. The summed E-state index contributed by atoms with van der Waals surface area (Å²) in [6.07, 6.45) is 0. The molecule has 0 bridgehead atoms. The fraction of sp³-hybridized carbons (Fsp3) is 0. The molecule has 20 heavy (non-hydrogen) atoms. The van der Waals surface area contributed by atoms with E-state index in [-0.39, 0.29) is 11.1 Å². The number of benzene rings is 2. The molecule has 2 nitrogen and oxygen atoms in total. The fourth-order valence-corrected chi connectivity index (χ4v) is 3.35. The van der Waals surface area contributed by atoms with Crippen molar-refractivity contribution in [3.8, 4) is 0 Å². The summed E-state index contributed by atoms with van der Waals surface area (Å²) in [5, 5.41) is 0.755. The summed E-state index contributed by atoms with van der Waals surface area (Å²) in [5.41, 5.74) is 0.455. The summed E-state index contributed by atoms with van der Waals surface area (Å²) < 4.78 is 1.27. The van der Waals surface area contributed by atoms with E-state index in [1.165, 1.54) is 12.1 Å². The predicted molar refractivity (Wildman–Crippen MR) is 87.0 cm³/mol. The van der Waals surface area contributed by atoms with Crippen LogP contribution < -0.4 is 0 Å². The zero-order chi connectivity index (χ0) is 14.9. The van der Waals surface area contributed by atoms with Crippen molar-refractivity contribution in [2.24, 2.45) is 0 Å². The summed E-state index contributed by atoms with van der Waals surface area (Å²) in [6.45, 7) is 0. The lowest BCUT2D eigenvalue weighted by atomic mass is 10.0. The third-order valence-corrected chi connectivity index (χ3v) is 3.81. The molecule has 0 N–H and O–H groups in total. The van der Waals surface area contributed by atoms with Crippen molar-refractivity contribution in [3.05, 3.63) is 66.5 Å². The largest absolute Gasteiger partial charge is 0.285 e. The number of hydrogen-bond donors (Lipinski definition) is 0. The zero-order valence-electron chi connectivity index (χ0n) is 9.79. The van der Waals surface area contributed by atoms with Gasteiger partial charge < -0.3 is 0 Å². The van der Waals surface area contributed by atoms with Crippen LogP contribution in [-0.2, 0) is 0 Å². The summed E-state index contributed by atoms with van der Waals surface area (Å²) in [6, 6.07) is 9.27. The van der Waals surface area contributed by atoms with Crippen molar-refractivity contribution in [2.45, 2.75) is 0 Å². The van der Waals surface area contributed by atoms with Crippen molar-refractivity contribution in [2.75, 3.05) is 0 Å². The topological polar surface area (TPSA) is 34.1 Å². The molecule has 0 atom stereocenters. The second-order valence-corrected chi connectivity index (χ2v) is 6.68. The highest BCUT2D eigenvalue weighted by Crippen LogP contribution is 2.23. The van der Waals surface area contributed by atoms with Crippen LogP contribution in [0.25, 0.3) is 0 Å². The Hall–Kier alpha value is -0.680. The van der Waals surface area contributed by atoms with E-state index in [1.807, 2.05) is 0 Å². The van der Waals surface area contributed by atoms with E-state index in [4.69, 9.17) is 23.2 Å². The molecule has 102 valence electrons. The average Bonchev–Trinajstić information content (AvgIpc) is 2.34. The van der Waals surface area contributed by atoms with Crippen LogP contribution >= 0.6 is 55.1 Å². The maximum Gasteiger partial charge on any atom is 0.233 e. The number of halogens is 4. The first kappa shape index (κ1) is 15.7. The summed E-state index contributed by atoms with van der Waals surface area (Å²) in [5.74, 6) is -1.27. The average molecular weight is 437 g/mol. The predicted octanol–water partition coefficient (Wildman–Crippen LogP) is 5.58. The van der Waals surface area contributed by atoms with Gasteiger partial charge in [-0.05, 0) is 36.4 Å². The number of carbonyl (C=O) groups is 2. The third kappa shape index (κ3) is 3.70. The third-order valence-electron chi connectivity index (χ3n) is 2.46. The van der Waals surface area contributed by atoms with Crippen LogP contribution in [0.15, 0.2) is 45.3 Å². The highest BCUT2D eigenvalue weighted by atomic mass is 79.9.